The van der Waals surface area contributed by atoms with E-state index in [0.717, 1.165) is 89.9 Å². The van der Waals surface area contributed by atoms with Crippen molar-refractivity contribution in [1.82, 2.24) is 0 Å². The van der Waals surface area contributed by atoms with E-state index in [-0.39, 0.29) is 25.2 Å². The first-order valence-corrected chi connectivity index (χ1v) is 26.5. The molecule has 0 aromatic heterocycles. The van der Waals surface area contributed by atoms with Gasteiger partial charge in [0.25, 0.3) is 0 Å². The van der Waals surface area contributed by atoms with Gasteiger partial charge < -0.3 is 14.2 Å². The molecule has 0 amide bonds. The Morgan fingerprint density at radius 1 is 0.371 bits per heavy atom. The van der Waals surface area contributed by atoms with Crippen LogP contribution in [0, 0.1) is 0 Å². The molecule has 0 saturated carbocycles. The van der Waals surface area contributed by atoms with Crippen molar-refractivity contribution in [1.29, 1.82) is 0 Å². The van der Waals surface area contributed by atoms with Gasteiger partial charge in [0.15, 0.2) is 6.10 Å². The predicted octanol–water partition coefficient (Wildman–Crippen LogP) is 17.9. The highest BCUT2D eigenvalue weighted by atomic mass is 16.6. The van der Waals surface area contributed by atoms with Crippen molar-refractivity contribution < 1.29 is 23.8 Å². The van der Waals surface area contributed by atoms with Crippen LogP contribution in [0.15, 0.2) is 72.9 Å². The average Bonchev–Trinajstić information content (AvgIpc) is 3.27. The molecule has 0 bridgehead atoms. The molecule has 0 aliphatic carbocycles. The zero-order chi connectivity index (χ0) is 44.9. The molecule has 0 radical (unpaired) electrons. The summed E-state index contributed by atoms with van der Waals surface area (Å²) in [5.74, 6) is -0.421. The van der Waals surface area contributed by atoms with Crippen LogP contribution in [-0.2, 0) is 23.8 Å². The van der Waals surface area contributed by atoms with Gasteiger partial charge in [-0.1, -0.05) is 203 Å². The molecule has 0 fully saturated rings. The van der Waals surface area contributed by atoms with Gasteiger partial charge in [-0.15, -0.1) is 0 Å². The van der Waals surface area contributed by atoms with Crippen molar-refractivity contribution in [2.45, 2.75) is 258 Å². The number of rotatable bonds is 48. The maximum Gasteiger partial charge on any atom is 0.306 e. The molecule has 1 unspecified atom stereocenters. The molecule has 0 N–H and O–H groups in total. The molecule has 62 heavy (non-hydrogen) atoms. The molecule has 0 aliphatic rings. The summed E-state index contributed by atoms with van der Waals surface area (Å²) < 4.78 is 17.4. The van der Waals surface area contributed by atoms with Crippen LogP contribution in [0.4, 0.5) is 0 Å². The summed E-state index contributed by atoms with van der Waals surface area (Å²) in [4.78, 5) is 25.4. The Balaban J connectivity index is 4.30. The molecule has 5 heteroatoms. The van der Waals surface area contributed by atoms with Crippen LogP contribution in [0.5, 0.6) is 0 Å². The summed E-state index contributed by atoms with van der Waals surface area (Å²) in [6.07, 6.45) is 67.6. The molecule has 1 atom stereocenters. The van der Waals surface area contributed by atoms with E-state index in [9.17, 15) is 9.59 Å². The van der Waals surface area contributed by atoms with E-state index < -0.39 is 6.10 Å². The van der Waals surface area contributed by atoms with Gasteiger partial charge in [-0.2, -0.15) is 0 Å². The van der Waals surface area contributed by atoms with Crippen LogP contribution in [0.3, 0.4) is 0 Å². The van der Waals surface area contributed by atoms with Gasteiger partial charge in [-0.25, -0.2) is 0 Å². The number of hydrogen-bond acceptors (Lipinski definition) is 5. The van der Waals surface area contributed by atoms with E-state index >= 15 is 0 Å². The largest absolute Gasteiger partial charge is 0.462 e. The average molecular weight is 865 g/mol. The Bertz CT molecular complexity index is 1110. The zero-order valence-corrected chi connectivity index (χ0v) is 41.1. The quantitative estimate of drug-likeness (QED) is 0.0346. The first kappa shape index (κ1) is 59.3. The van der Waals surface area contributed by atoms with Crippen LogP contribution < -0.4 is 0 Å². The third kappa shape index (κ3) is 50.0. The highest BCUT2D eigenvalue weighted by Gasteiger charge is 2.17. The fourth-order valence-corrected chi connectivity index (χ4v) is 7.25. The summed E-state index contributed by atoms with van der Waals surface area (Å²) in [7, 11) is 0. The van der Waals surface area contributed by atoms with E-state index in [2.05, 4.69) is 93.7 Å². The van der Waals surface area contributed by atoms with Gasteiger partial charge in [0.1, 0.15) is 6.61 Å². The van der Waals surface area contributed by atoms with Crippen LogP contribution >= 0.6 is 0 Å². The summed E-state index contributed by atoms with van der Waals surface area (Å²) in [5.41, 5.74) is 0. The summed E-state index contributed by atoms with van der Waals surface area (Å²) >= 11 is 0. The molecule has 5 nitrogen and oxygen atoms in total. The van der Waals surface area contributed by atoms with Gasteiger partial charge in [0, 0.05) is 19.4 Å². The number of unbranched alkanes of at least 4 members (excludes halogenated alkanes) is 25. The Morgan fingerprint density at radius 2 is 0.726 bits per heavy atom. The Kier molecular flexibility index (Phi) is 50.4. The molecule has 358 valence electrons. The maximum atomic E-state index is 12.8. The van der Waals surface area contributed by atoms with Gasteiger partial charge in [-0.3, -0.25) is 9.59 Å². The lowest BCUT2D eigenvalue weighted by molar-refractivity contribution is -0.163. The van der Waals surface area contributed by atoms with E-state index in [0.29, 0.717) is 19.4 Å². The zero-order valence-electron chi connectivity index (χ0n) is 41.1. The molecule has 0 spiro atoms. The van der Waals surface area contributed by atoms with Crippen LogP contribution in [0.1, 0.15) is 252 Å². The second-order valence-electron chi connectivity index (χ2n) is 17.4. The van der Waals surface area contributed by atoms with Gasteiger partial charge in [-0.05, 0) is 109 Å². The molecule has 0 aromatic carbocycles. The highest BCUT2D eigenvalue weighted by Crippen LogP contribution is 2.14. The first-order valence-electron chi connectivity index (χ1n) is 26.5. The topological polar surface area (TPSA) is 61.8 Å². The van der Waals surface area contributed by atoms with Crippen LogP contribution in [-0.4, -0.2) is 37.9 Å². The van der Waals surface area contributed by atoms with E-state index in [4.69, 9.17) is 14.2 Å². The number of carbonyl (C=O) groups is 2. The van der Waals surface area contributed by atoms with Gasteiger partial charge in [0.2, 0.25) is 0 Å². The van der Waals surface area contributed by atoms with Crippen LogP contribution in [0.2, 0.25) is 0 Å². The summed E-state index contributed by atoms with van der Waals surface area (Å²) in [5, 5.41) is 0. The number of hydrogen-bond donors (Lipinski definition) is 0. The molecule has 0 aromatic rings. The fraction of sp³-hybridized carbons (Fsp3) is 0.754. The van der Waals surface area contributed by atoms with Crippen molar-refractivity contribution in [2.75, 3.05) is 19.8 Å². The molecule has 0 aliphatic heterocycles. The lowest BCUT2D eigenvalue weighted by atomic mass is 10.1. The Hall–Kier alpha value is -2.66. The van der Waals surface area contributed by atoms with Gasteiger partial charge >= 0.3 is 11.9 Å². The highest BCUT2D eigenvalue weighted by molar-refractivity contribution is 5.70. The van der Waals surface area contributed by atoms with Gasteiger partial charge in [0.05, 0.1) is 6.61 Å². The number of esters is 2. The summed E-state index contributed by atoms with van der Waals surface area (Å²) in [6.45, 7) is 7.65. The standard InChI is InChI=1S/C57H100O5/c1-4-7-10-13-16-19-22-25-27-29-30-33-35-38-41-44-47-50-56(58)61-54-55(62-57(59)51-48-45-42-39-36-32-24-21-18-15-12-9-6-3)53-60-52-49-46-43-40-37-34-31-28-26-23-20-17-14-11-8-5-2/h7,10,16-17,19-21,24-28,55H,4-6,8-9,11-15,18,22-23,29-54H2,1-3H3/b10-7-,19-16-,20-17-,24-21-,27-25-,28-26-. The third-order valence-corrected chi connectivity index (χ3v) is 11.2. The number of allylic oxidation sites excluding steroid dienone is 12. The van der Waals surface area contributed by atoms with Crippen LogP contribution in [0.25, 0.3) is 0 Å². The van der Waals surface area contributed by atoms with E-state index in [1.165, 1.54) is 128 Å². The minimum absolute atomic E-state index is 0.0709. The molecular formula is C57H100O5. The van der Waals surface area contributed by atoms with Crippen molar-refractivity contribution in [3.05, 3.63) is 72.9 Å². The normalized spacial score (nSPS) is 12.8. The second-order valence-corrected chi connectivity index (χ2v) is 17.4. The maximum absolute atomic E-state index is 12.8. The number of carbonyl (C=O) groups excluding carboxylic acids is 2. The van der Waals surface area contributed by atoms with Crippen molar-refractivity contribution in [2.24, 2.45) is 0 Å². The molecular weight excluding hydrogens is 765 g/mol. The third-order valence-electron chi connectivity index (χ3n) is 11.2. The van der Waals surface area contributed by atoms with Crippen molar-refractivity contribution in [3.63, 3.8) is 0 Å². The minimum Gasteiger partial charge on any atom is -0.462 e. The molecule has 0 rings (SSSR count). The minimum atomic E-state index is -0.552. The molecule has 0 saturated heterocycles. The fourth-order valence-electron chi connectivity index (χ4n) is 7.25. The predicted molar refractivity (Wildman–Crippen MR) is 270 cm³/mol. The Morgan fingerprint density at radius 3 is 1.21 bits per heavy atom. The Labute approximate surface area is 385 Å². The summed E-state index contributed by atoms with van der Waals surface area (Å²) in [6, 6.07) is 0. The number of ether oxygens (including phenoxy) is 3. The second kappa shape index (κ2) is 52.7. The smallest absolute Gasteiger partial charge is 0.306 e. The monoisotopic (exact) mass is 865 g/mol. The van der Waals surface area contributed by atoms with Crippen molar-refractivity contribution >= 4 is 11.9 Å². The SMILES string of the molecule is CC/C=C\C/C=C\C/C=C\CCCCCCCCCC(=O)OCC(COCCCCCCCC/C=C\C/C=C\CCCCC)OC(=O)CCCCCCC/C=C\CCCCCC. The molecule has 0 heterocycles. The lowest BCUT2D eigenvalue weighted by Gasteiger charge is -2.18. The first-order chi connectivity index (χ1) is 30.6. The van der Waals surface area contributed by atoms with E-state index in [1.807, 2.05) is 0 Å². The van der Waals surface area contributed by atoms with Crippen molar-refractivity contribution in [3.8, 4) is 0 Å². The van der Waals surface area contributed by atoms with E-state index in [1.54, 1.807) is 0 Å². The lowest BCUT2D eigenvalue weighted by Crippen LogP contribution is -2.30.